The van der Waals surface area contributed by atoms with Gasteiger partial charge in [-0.15, -0.1) is 10.2 Å². The van der Waals surface area contributed by atoms with E-state index in [9.17, 15) is 4.79 Å². The Hall–Kier alpha value is -2.32. The minimum Gasteiger partial charge on any atom is -0.381 e. The highest BCUT2D eigenvalue weighted by atomic mass is 32.2. The number of fused-ring (bicyclic) bond motifs is 1. The molecule has 1 aliphatic heterocycles. The molecule has 4 heterocycles. The first-order valence-corrected chi connectivity index (χ1v) is 11.4. The fraction of sp³-hybridized carbons (Fsp3) is 0.476. The van der Waals surface area contributed by atoms with Crippen molar-refractivity contribution in [1.82, 2.24) is 24.5 Å². The van der Waals surface area contributed by atoms with E-state index >= 15 is 0 Å². The van der Waals surface area contributed by atoms with Crippen molar-refractivity contribution in [2.45, 2.75) is 37.3 Å². The zero-order chi connectivity index (χ0) is 20.1. The number of carbonyl (C=O) groups is 1. The standard InChI is InChI=1S/C21H27N5O2S/c1-29-15-7-17(20-24-23-18-6-2-3-12-26(18)20)22-19(27)16-21(8-13-28-14-9-21)25-10-4-5-11-25/h2-6,10-12,17H,7-9,13-16H2,1H3,(H,22,27). The quantitative estimate of drug-likeness (QED) is 0.614. The van der Waals surface area contributed by atoms with Crippen LogP contribution in [0.4, 0.5) is 0 Å². The van der Waals surface area contributed by atoms with Crippen molar-refractivity contribution in [2.24, 2.45) is 0 Å². The summed E-state index contributed by atoms with van der Waals surface area (Å²) in [5, 5.41) is 11.9. The van der Waals surface area contributed by atoms with Crippen LogP contribution in [-0.2, 0) is 15.1 Å². The molecular formula is C21H27N5O2S. The summed E-state index contributed by atoms with van der Waals surface area (Å²) in [6.45, 7) is 1.35. The Morgan fingerprint density at radius 1 is 1.21 bits per heavy atom. The van der Waals surface area contributed by atoms with E-state index < -0.39 is 0 Å². The maximum Gasteiger partial charge on any atom is 0.222 e. The van der Waals surface area contributed by atoms with Gasteiger partial charge in [-0.05, 0) is 55.5 Å². The van der Waals surface area contributed by atoms with Gasteiger partial charge >= 0.3 is 0 Å². The van der Waals surface area contributed by atoms with Gasteiger partial charge in [0.1, 0.15) is 0 Å². The average Bonchev–Trinajstić information content (AvgIpc) is 3.42. The zero-order valence-corrected chi connectivity index (χ0v) is 17.5. The summed E-state index contributed by atoms with van der Waals surface area (Å²) in [5.74, 6) is 1.76. The summed E-state index contributed by atoms with van der Waals surface area (Å²) < 4.78 is 9.72. The van der Waals surface area contributed by atoms with Gasteiger partial charge in [0, 0.05) is 31.8 Å². The van der Waals surface area contributed by atoms with Crippen molar-refractivity contribution in [3.63, 3.8) is 0 Å². The van der Waals surface area contributed by atoms with E-state index in [0.717, 1.165) is 36.5 Å². The second-order valence-corrected chi connectivity index (χ2v) is 8.48. The Morgan fingerprint density at radius 3 is 2.72 bits per heavy atom. The van der Waals surface area contributed by atoms with E-state index in [2.05, 4.69) is 38.7 Å². The Morgan fingerprint density at radius 2 is 1.97 bits per heavy atom. The minimum absolute atomic E-state index is 0.0411. The lowest BCUT2D eigenvalue weighted by molar-refractivity contribution is -0.125. The second-order valence-electron chi connectivity index (χ2n) is 7.49. The van der Waals surface area contributed by atoms with Crippen molar-refractivity contribution in [3.8, 4) is 0 Å². The molecule has 1 aliphatic rings. The molecule has 3 aromatic rings. The lowest BCUT2D eigenvalue weighted by Crippen LogP contribution is -2.44. The van der Waals surface area contributed by atoms with Crippen LogP contribution in [0.1, 0.15) is 37.5 Å². The van der Waals surface area contributed by atoms with Gasteiger partial charge in [-0.25, -0.2) is 0 Å². The topological polar surface area (TPSA) is 73.5 Å². The summed E-state index contributed by atoms with van der Waals surface area (Å²) in [4.78, 5) is 13.2. The molecule has 0 saturated carbocycles. The molecule has 1 saturated heterocycles. The highest BCUT2D eigenvalue weighted by Crippen LogP contribution is 2.33. The Bertz CT molecular complexity index is 934. The Kier molecular flexibility index (Phi) is 6.20. The maximum atomic E-state index is 13.2. The maximum absolute atomic E-state index is 13.2. The lowest BCUT2D eigenvalue weighted by atomic mass is 9.85. The SMILES string of the molecule is CSCCC(NC(=O)CC1(n2cccc2)CCOCC1)c1nnc2ccccn12. The molecule has 0 radical (unpaired) electrons. The molecule has 154 valence electrons. The Labute approximate surface area is 174 Å². The molecule has 1 unspecified atom stereocenters. The molecule has 8 heteroatoms. The van der Waals surface area contributed by atoms with Crippen LogP contribution in [0.2, 0.25) is 0 Å². The molecule has 1 amide bonds. The first-order chi connectivity index (χ1) is 14.2. The normalized spacial score (nSPS) is 17.3. The third-order valence-corrected chi connectivity index (χ3v) is 6.31. The molecule has 3 aromatic heterocycles. The largest absolute Gasteiger partial charge is 0.381 e. The van der Waals surface area contributed by atoms with Gasteiger partial charge < -0.3 is 14.6 Å². The minimum atomic E-state index is -0.233. The van der Waals surface area contributed by atoms with E-state index in [-0.39, 0.29) is 17.5 Å². The number of pyridine rings is 1. The summed E-state index contributed by atoms with van der Waals surface area (Å²) in [7, 11) is 0. The number of nitrogens with one attached hydrogen (secondary N) is 1. The zero-order valence-electron chi connectivity index (χ0n) is 16.7. The summed E-state index contributed by atoms with van der Waals surface area (Å²) >= 11 is 1.76. The van der Waals surface area contributed by atoms with Gasteiger partial charge in [0.25, 0.3) is 0 Å². The van der Waals surface area contributed by atoms with Gasteiger partial charge in [-0.2, -0.15) is 11.8 Å². The molecule has 4 rings (SSSR count). The highest BCUT2D eigenvalue weighted by molar-refractivity contribution is 7.98. The lowest BCUT2D eigenvalue weighted by Gasteiger charge is -2.38. The third-order valence-electron chi connectivity index (χ3n) is 5.66. The number of hydrogen-bond acceptors (Lipinski definition) is 5. The van der Waals surface area contributed by atoms with Gasteiger partial charge in [0.15, 0.2) is 11.5 Å². The van der Waals surface area contributed by atoms with Crippen molar-refractivity contribution in [2.75, 3.05) is 25.2 Å². The molecule has 0 aliphatic carbocycles. The van der Waals surface area contributed by atoms with Crippen molar-refractivity contribution in [1.29, 1.82) is 0 Å². The van der Waals surface area contributed by atoms with Crippen molar-refractivity contribution in [3.05, 3.63) is 54.7 Å². The van der Waals surface area contributed by atoms with Crippen LogP contribution in [0.25, 0.3) is 5.65 Å². The van der Waals surface area contributed by atoms with E-state index in [1.807, 2.05) is 40.9 Å². The van der Waals surface area contributed by atoms with Crippen molar-refractivity contribution < 1.29 is 9.53 Å². The average molecular weight is 414 g/mol. The summed E-state index contributed by atoms with van der Waals surface area (Å²) in [5.41, 5.74) is 0.558. The molecule has 0 aromatic carbocycles. The first kappa shape index (κ1) is 20.0. The number of hydrogen-bond donors (Lipinski definition) is 1. The van der Waals surface area contributed by atoms with Gasteiger partial charge in [-0.1, -0.05) is 6.07 Å². The molecule has 1 fully saturated rings. The highest BCUT2D eigenvalue weighted by Gasteiger charge is 2.36. The predicted octanol–water partition coefficient (Wildman–Crippen LogP) is 3.04. The van der Waals surface area contributed by atoms with Crippen LogP contribution >= 0.6 is 11.8 Å². The number of carbonyl (C=O) groups excluding carboxylic acids is 1. The van der Waals surface area contributed by atoms with Gasteiger partial charge in [-0.3, -0.25) is 9.20 Å². The van der Waals surface area contributed by atoms with Crippen LogP contribution in [-0.4, -0.2) is 50.3 Å². The fourth-order valence-electron chi connectivity index (χ4n) is 4.07. The first-order valence-electron chi connectivity index (χ1n) is 10.0. The Balaban J connectivity index is 1.54. The van der Waals surface area contributed by atoms with Crippen LogP contribution in [0.15, 0.2) is 48.9 Å². The number of ether oxygens (including phenoxy) is 1. The molecule has 0 bridgehead atoms. The van der Waals surface area contributed by atoms with Crippen molar-refractivity contribution >= 4 is 23.3 Å². The van der Waals surface area contributed by atoms with E-state index in [1.54, 1.807) is 11.8 Å². The van der Waals surface area contributed by atoms with Crippen LogP contribution in [0.3, 0.4) is 0 Å². The van der Waals surface area contributed by atoms with Crippen LogP contribution < -0.4 is 5.32 Å². The smallest absolute Gasteiger partial charge is 0.222 e. The molecule has 1 N–H and O–H groups in total. The molecule has 29 heavy (non-hydrogen) atoms. The number of thioether (sulfide) groups is 1. The molecule has 0 spiro atoms. The van der Waals surface area contributed by atoms with Gasteiger partial charge in [0.2, 0.25) is 5.91 Å². The van der Waals surface area contributed by atoms with E-state index in [1.165, 1.54) is 0 Å². The molecular weight excluding hydrogens is 386 g/mol. The number of amides is 1. The number of aromatic nitrogens is 4. The monoisotopic (exact) mass is 413 g/mol. The van der Waals surface area contributed by atoms with Crippen LogP contribution in [0, 0.1) is 0 Å². The van der Waals surface area contributed by atoms with E-state index in [4.69, 9.17) is 4.74 Å². The number of nitrogens with zero attached hydrogens (tertiary/aromatic N) is 4. The molecule has 7 nitrogen and oxygen atoms in total. The fourth-order valence-corrected chi connectivity index (χ4v) is 4.54. The van der Waals surface area contributed by atoms with Crippen LogP contribution in [0.5, 0.6) is 0 Å². The summed E-state index contributed by atoms with van der Waals surface area (Å²) in [6.07, 6.45) is 11.0. The molecule has 1 atom stereocenters. The second kappa shape index (κ2) is 9.00. The van der Waals surface area contributed by atoms with E-state index in [0.29, 0.717) is 19.6 Å². The number of rotatable bonds is 8. The third kappa shape index (κ3) is 4.33. The van der Waals surface area contributed by atoms with Gasteiger partial charge in [0.05, 0.1) is 18.0 Å². The predicted molar refractivity (Wildman–Crippen MR) is 114 cm³/mol. The summed E-state index contributed by atoms with van der Waals surface area (Å²) in [6, 6.07) is 9.67.